The predicted octanol–water partition coefficient (Wildman–Crippen LogP) is 2.07. The Morgan fingerprint density at radius 1 is 1.24 bits per heavy atom. The predicted molar refractivity (Wildman–Crippen MR) is 76.4 cm³/mol. The molecule has 1 heterocycles. The lowest BCUT2D eigenvalue weighted by molar-refractivity contribution is 0.0514. The van der Waals surface area contributed by atoms with Crippen molar-refractivity contribution in [2.45, 2.75) is 37.8 Å². The molecule has 2 unspecified atom stereocenters. The van der Waals surface area contributed by atoms with Crippen molar-refractivity contribution in [1.29, 1.82) is 0 Å². The van der Waals surface area contributed by atoms with Gasteiger partial charge in [0.05, 0.1) is 17.2 Å². The van der Waals surface area contributed by atoms with Gasteiger partial charge in [0.2, 0.25) is 0 Å². The first-order chi connectivity index (χ1) is 9.99. The molecular weight excluding hydrogens is 270 g/mol. The molecule has 2 fully saturated rings. The molecule has 1 aromatic rings. The van der Waals surface area contributed by atoms with Gasteiger partial charge in [-0.05, 0) is 56.4 Å². The summed E-state index contributed by atoms with van der Waals surface area (Å²) in [6.07, 6.45) is 3.25. The molecule has 0 bridgehead atoms. The van der Waals surface area contributed by atoms with Crippen molar-refractivity contribution in [3.05, 3.63) is 35.4 Å². The first-order valence-corrected chi connectivity index (χ1v) is 7.27. The molecule has 2 aliphatic rings. The normalized spacial score (nSPS) is 28.3. The van der Waals surface area contributed by atoms with Gasteiger partial charge >= 0.3 is 5.97 Å². The van der Waals surface area contributed by atoms with Crippen LogP contribution < -0.4 is 5.32 Å². The molecule has 0 aromatic heterocycles. The molecule has 1 saturated carbocycles. The van der Waals surface area contributed by atoms with Crippen LogP contribution in [0.5, 0.6) is 0 Å². The minimum Gasteiger partial charge on any atom is -0.478 e. The highest BCUT2D eigenvalue weighted by molar-refractivity contribution is 5.96. The van der Waals surface area contributed by atoms with Crippen molar-refractivity contribution >= 4 is 11.9 Å². The third-order valence-corrected chi connectivity index (χ3v) is 4.39. The van der Waals surface area contributed by atoms with E-state index in [-0.39, 0.29) is 23.1 Å². The molecule has 0 spiro atoms. The van der Waals surface area contributed by atoms with E-state index in [9.17, 15) is 9.59 Å². The largest absolute Gasteiger partial charge is 0.478 e. The average Bonchev–Trinajstić information content (AvgIpc) is 3.22. The molecular formula is C16H19NO4. The van der Waals surface area contributed by atoms with Crippen molar-refractivity contribution < 1.29 is 19.4 Å². The first-order valence-electron chi connectivity index (χ1n) is 7.27. The number of ether oxygens (including phenoxy) is 1. The van der Waals surface area contributed by atoms with E-state index in [1.807, 2.05) is 6.92 Å². The number of benzene rings is 1. The molecule has 112 valence electrons. The number of hydrogen-bond donors (Lipinski definition) is 2. The number of carboxylic acid groups (broad SMARTS) is 1. The second kappa shape index (κ2) is 5.15. The fourth-order valence-corrected chi connectivity index (χ4v) is 3.01. The second-order valence-electron chi connectivity index (χ2n) is 6.13. The van der Waals surface area contributed by atoms with Crippen molar-refractivity contribution in [2.75, 3.05) is 6.61 Å². The summed E-state index contributed by atoms with van der Waals surface area (Å²) in [4.78, 5) is 23.2. The summed E-state index contributed by atoms with van der Waals surface area (Å²) in [6.45, 7) is 2.71. The molecule has 1 saturated heterocycles. The van der Waals surface area contributed by atoms with Gasteiger partial charge in [0.15, 0.2) is 0 Å². The summed E-state index contributed by atoms with van der Waals surface area (Å²) >= 11 is 0. The van der Waals surface area contributed by atoms with Gasteiger partial charge in [-0.15, -0.1) is 0 Å². The zero-order chi connectivity index (χ0) is 15.0. The van der Waals surface area contributed by atoms with E-state index < -0.39 is 5.97 Å². The summed E-state index contributed by atoms with van der Waals surface area (Å²) in [5.41, 5.74) is 0.324. The lowest BCUT2D eigenvalue weighted by atomic mass is 9.90. The van der Waals surface area contributed by atoms with Gasteiger partial charge in [-0.2, -0.15) is 0 Å². The average molecular weight is 289 g/mol. The summed E-state index contributed by atoms with van der Waals surface area (Å²) in [5.74, 6) is -0.607. The third-order valence-electron chi connectivity index (χ3n) is 4.39. The molecule has 2 N–H and O–H groups in total. The molecule has 1 aliphatic heterocycles. The van der Waals surface area contributed by atoms with Gasteiger partial charge in [-0.3, -0.25) is 4.79 Å². The SMILES string of the molecule is CC1(NC(=O)c2ccc(C(=O)O)cc2)CCOC1C1CC1. The maximum absolute atomic E-state index is 12.4. The van der Waals surface area contributed by atoms with Crippen molar-refractivity contribution in [3.63, 3.8) is 0 Å². The van der Waals surface area contributed by atoms with E-state index in [1.54, 1.807) is 12.1 Å². The van der Waals surface area contributed by atoms with Crippen LogP contribution in [0.2, 0.25) is 0 Å². The number of aromatic carboxylic acids is 1. The van der Waals surface area contributed by atoms with Crippen LogP contribution >= 0.6 is 0 Å². The minimum absolute atomic E-state index is 0.0970. The number of nitrogens with one attached hydrogen (secondary N) is 1. The number of hydrogen-bond acceptors (Lipinski definition) is 3. The van der Waals surface area contributed by atoms with Crippen LogP contribution in [0, 0.1) is 5.92 Å². The highest BCUT2D eigenvalue weighted by Crippen LogP contribution is 2.43. The van der Waals surface area contributed by atoms with Crippen LogP contribution in [0.1, 0.15) is 46.9 Å². The lowest BCUT2D eigenvalue weighted by Gasteiger charge is -2.31. The van der Waals surface area contributed by atoms with Gasteiger partial charge in [0.25, 0.3) is 5.91 Å². The molecule has 5 heteroatoms. The first kappa shape index (κ1) is 14.1. The van der Waals surface area contributed by atoms with Crippen LogP contribution in [0.3, 0.4) is 0 Å². The molecule has 1 aliphatic carbocycles. The monoisotopic (exact) mass is 289 g/mol. The summed E-state index contributed by atoms with van der Waals surface area (Å²) < 4.78 is 5.79. The minimum atomic E-state index is -0.994. The maximum Gasteiger partial charge on any atom is 0.335 e. The molecule has 2 atom stereocenters. The Morgan fingerprint density at radius 2 is 1.86 bits per heavy atom. The van der Waals surface area contributed by atoms with Crippen molar-refractivity contribution in [1.82, 2.24) is 5.32 Å². The number of amides is 1. The standard InChI is InChI=1S/C16H19NO4/c1-16(8-9-21-13(16)10-2-3-10)17-14(18)11-4-6-12(7-5-11)15(19)20/h4-7,10,13H,2-3,8-9H2,1H3,(H,17,18)(H,19,20). The number of carbonyl (C=O) groups is 2. The Kier molecular flexibility index (Phi) is 3.45. The highest BCUT2D eigenvalue weighted by Gasteiger charge is 2.48. The van der Waals surface area contributed by atoms with E-state index in [2.05, 4.69) is 5.32 Å². The third kappa shape index (κ3) is 2.78. The van der Waals surface area contributed by atoms with E-state index in [1.165, 1.54) is 25.0 Å². The van der Waals surface area contributed by atoms with Gasteiger partial charge in [-0.25, -0.2) is 4.79 Å². The fraction of sp³-hybridized carbons (Fsp3) is 0.500. The highest BCUT2D eigenvalue weighted by atomic mass is 16.5. The van der Waals surface area contributed by atoms with Crippen LogP contribution in [0.4, 0.5) is 0 Å². The van der Waals surface area contributed by atoms with Gasteiger partial charge < -0.3 is 15.2 Å². The van der Waals surface area contributed by atoms with Crippen molar-refractivity contribution in [3.8, 4) is 0 Å². The summed E-state index contributed by atoms with van der Waals surface area (Å²) in [6, 6.07) is 5.99. The summed E-state index contributed by atoms with van der Waals surface area (Å²) in [5, 5.41) is 12.0. The molecule has 21 heavy (non-hydrogen) atoms. The molecule has 0 radical (unpaired) electrons. The van der Waals surface area contributed by atoms with E-state index >= 15 is 0 Å². The maximum atomic E-state index is 12.4. The molecule has 3 rings (SSSR count). The van der Waals surface area contributed by atoms with Crippen LogP contribution in [-0.4, -0.2) is 35.2 Å². The number of carboxylic acids is 1. The summed E-state index contributed by atoms with van der Waals surface area (Å²) in [7, 11) is 0. The Labute approximate surface area is 123 Å². The van der Waals surface area contributed by atoms with Crippen LogP contribution in [-0.2, 0) is 4.74 Å². The quantitative estimate of drug-likeness (QED) is 0.889. The fourth-order valence-electron chi connectivity index (χ4n) is 3.01. The van der Waals surface area contributed by atoms with Gasteiger partial charge in [0, 0.05) is 12.2 Å². The topological polar surface area (TPSA) is 75.6 Å². The van der Waals surface area contributed by atoms with E-state index in [0.29, 0.717) is 18.1 Å². The Morgan fingerprint density at radius 3 is 2.43 bits per heavy atom. The Bertz CT molecular complexity index is 564. The van der Waals surface area contributed by atoms with E-state index in [4.69, 9.17) is 9.84 Å². The Hall–Kier alpha value is -1.88. The lowest BCUT2D eigenvalue weighted by Crippen LogP contribution is -2.52. The van der Waals surface area contributed by atoms with Crippen molar-refractivity contribution in [2.24, 2.45) is 5.92 Å². The number of rotatable bonds is 4. The zero-order valence-corrected chi connectivity index (χ0v) is 12.0. The Balaban J connectivity index is 1.71. The van der Waals surface area contributed by atoms with Crippen LogP contribution in [0.15, 0.2) is 24.3 Å². The van der Waals surface area contributed by atoms with Gasteiger partial charge in [-0.1, -0.05) is 0 Å². The van der Waals surface area contributed by atoms with Gasteiger partial charge in [0.1, 0.15) is 0 Å². The zero-order valence-electron chi connectivity index (χ0n) is 12.0. The number of carbonyl (C=O) groups excluding carboxylic acids is 1. The smallest absolute Gasteiger partial charge is 0.335 e. The van der Waals surface area contributed by atoms with Crippen LogP contribution in [0.25, 0.3) is 0 Å². The van der Waals surface area contributed by atoms with E-state index in [0.717, 1.165) is 6.42 Å². The molecule has 5 nitrogen and oxygen atoms in total. The molecule has 1 aromatic carbocycles. The second-order valence-corrected chi connectivity index (χ2v) is 6.13. The molecule has 1 amide bonds.